The lowest BCUT2D eigenvalue weighted by atomic mass is 10.2. The molecule has 86 valence electrons. The predicted molar refractivity (Wildman–Crippen MR) is 64.0 cm³/mol. The molecule has 0 aliphatic rings. The molecule has 0 fully saturated rings. The molecule has 0 bridgehead atoms. The Morgan fingerprint density at radius 2 is 1.76 bits per heavy atom. The largest absolute Gasteiger partial charge is 0.285 e. The molecular formula is C11H10N4OS. The zero-order valence-electron chi connectivity index (χ0n) is 9.41. The molecular weight excluding hydrogens is 236 g/mol. The molecule has 2 rings (SSSR count). The molecule has 2 aromatic heterocycles. The second-order valence-electron chi connectivity index (χ2n) is 3.25. The summed E-state index contributed by atoms with van der Waals surface area (Å²) in [7, 11) is 0. The lowest BCUT2D eigenvalue weighted by molar-refractivity contribution is 0.102. The molecule has 0 saturated carbocycles. The molecule has 17 heavy (non-hydrogen) atoms. The second-order valence-corrected chi connectivity index (χ2v) is 4.02. The molecule has 5 nitrogen and oxygen atoms in total. The average molecular weight is 246 g/mol. The van der Waals surface area contributed by atoms with Crippen LogP contribution in [0.4, 0.5) is 0 Å². The smallest absolute Gasteiger partial charge is 0.229 e. The molecule has 0 amide bonds. The Hall–Kier alpha value is -1.82. The van der Waals surface area contributed by atoms with Crippen LogP contribution in [0.3, 0.4) is 0 Å². The number of aromatic nitrogens is 4. The van der Waals surface area contributed by atoms with Gasteiger partial charge in [0.1, 0.15) is 17.2 Å². The van der Waals surface area contributed by atoms with Gasteiger partial charge in [0.25, 0.3) is 0 Å². The lowest BCUT2D eigenvalue weighted by Crippen LogP contribution is -2.08. The fourth-order valence-electron chi connectivity index (χ4n) is 1.28. The predicted octanol–water partition coefficient (Wildman–Crippen LogP) is 1.53. The number of ketones is 1. The van der Waals surface area contributed by atoms with E-state index >= 15 is 0 Å². The normalized spacial score (nSPS) is 10.2. The molecule has 0 aliphatic heterocycles. The van der Waals surface area contributed by atoms with Crippen molar-refractivity contribution >= 4 is 17.5 Å². The summed E-state index contributed by atoms with van der Waals surface area (Å²) in [6.07, 6.45) is 4.99. The number of nitrogens with zero attached hydrogens (tertiary/aromatic N) is 4. The van der Waals surface area contributed by atoms with Gasteiger partial charge in [0.2, 0.25) is 5.78 Å². The summed E-state index contributed by atoms with van der Waals surface area (Å²) in [4.78, 5) is 28.3. The van der Waals surface area contributed by atoms with Crippen molar-refractivity contribution in [2.45, 2.75) is 12.1 Å². The first-order valence-corrected chi connectivity index (χ1v) is 6.14. The van der Waals surface area contributed by atoms with E-state index < -0.39 is 0 Å². The highest BCUT2D eigenvalue weighted by Crippen LogP contribution is 2.10. The van der Waals surface area contributed by atoms with E-state index in [1.807, 2.05) is 6.26 Å². The minimum absolute atomic E-state index is 0.215. The van der Waals surface area contributed by atoms with E-state index in [4.69, 9.17) is 0 Å². The Balaban J connectivity index is 2.36. The van der Waals surface area contributed by atoms with Crippen LogP contribution in [0.15, 0.2) is 29.7 Å². The van der Waals surface area contributed by atoms with Crippen LogP contribution in [-0.2, 0) is 0 Å². The van der Waals surface area contributed by atoms with Crippen LogP contribution in [0.25, 0.3) is 0 Å². The Kier molecular flexibility index (Phi) is 3.43. The summed E-state index contributed by atoms with van der Waals surface area (Å²) >= 11 is 1.39. The molecule has 0 N–H and O–H groups in total. The van der Waals surface area contributed by atoms with Crippen molar-refractivity contribution in [1.82, 2.24) is 19.9 Å². The van der Waals surface area contributed by atoms with Crippen molar-refractivity contribution in [2.24, 2.45) is 0 Å². The zero-order chi connectivity index (χ0) is 12.3. The number of rotatable bonds is 3. The van der Waals surface area contributed by atoms with Crippen LogP contribution in [0.2, 0.25) is 0 Å². The average Bonchev–Trinajstić information content (AvgIpc) is 2.38. The van der Waals surface area contributed by atoms with Gasteiger partial charge in [0.15, 0.2) is 5.16 Å². The van der Waals surface area contributed by atoms with E-state index in [1.165, 1.54) is 11.8 Å². The van der Waals surface area contributed by atoms with Crippen molar-refractivity contribution < 1.29 is 4.79 Å². The van der Waals surface area contributed by atoms with E-state index in [0.717, 1.165) is 0 Å². The van der Waals surface area contributed by atoms with E-state index in [1.54, 1.807) is 31.5 Å². The third-order valence-electron chi connectivity index (χ3n) is 2.06. The van der Waals surface area contributed by atoms with Crippen LogP contribution < -0.4 is 0 Å². The summed E-state index contributed by atoms with van der Waals surface area (Å²) in [6, 6.07) is 3.16. The molecule has 0 atom stereocenters. The maximum atomic E-state index is 12.1. The van der Waals surface area contributed by atoms with E-state index in [2.05, 4.69) is 19.9 Å². The number of hydrogen-bond acceptors (Lipinski definition) is 6. The summed E-state index contributed by atoms with van der Waals surface area (Å²) in [5, 5.41) is 0.571. The first-order chi connectivity index (χ1) is 8.20. The third-order valence-corrected chi connectivity index (χ3v) is 2.62. The molecule has 6 heteroatoms. The molecule has 0 saturated heterocycles. The van der Waals surface area contributed by atoms with Gasteiger partial charge in [-0.2, -0.15) is 0 Å². The summed E-state index contributed by atoms with van der Waals surface area (Å²) < 4.78 is 0. The monoisotopic (exact) mass is 246 g/mol. The van der Waals surface area contributed by atoms with Gasteiger partial charge in [-0.1, -0.05) is 11.8 Å². The van der Waals surface area contributed by atoms with Crippen molar-refractivity contribution in [2.75, 3.05) is 6.26 Å². The van der Waals surface area contributed by atoms with Crippen molar-refractivity contribution in [1.29, 1.82) is 0 Å². The van der Waals surface area contributed by atoms with Crippen molar-refractivity contribution in [3.63, 3.8) is 0 Å². The fourth-order valence-corrected chi connectivity index (χ4v) is 1.64. The van der Waals surface area contributed by atoms with Gasteiger partial charge in [0, 0.05) is 12.4 Å². The van der Waals surface area contributed by atoms with Crippen LogP contribution in [0, 0.1) is 6.92 Å². The third kappa shape index (κ3) is 2.65. The standard InChI is InChI=1S/C11H10N4OS/c1-7-12-5-3-8(14-7)10(16)9-4-6-13-11(15-9)17-2/h3-6H,1-2H3. The van der Waals surface area contributed by atoms with Gasteiger partial charge in [-0.25, -0.2) is 19.9 Å². The SMILES string of the molecule is CSc1nccc(C(=O)c2ccnc(C)n2)n1. The number of thioether (sulfide) groups is 1. The molecule has 0 aromatic carbocycles. The summed E-state index contributed by atoms with van der Waals surface area (Å²) in [6.45, 7) is 1.74. The Labute approximate surface area is 103 Å². The molecule has 0 unspecified atom stereocenters. The first kappa shape index (κ1) is 11.7. The highest BCUT2D eigenvalue weighted by molar-refractivity contribution is 7.98. The lowest BCUT2D eigenvalue weighted by Gasteiger charge is -2.01. The highest BCUT2D eigenvalue weighted by atomic mass is 32.2. The summed E-state index contributed by atoms with van der Waals surface area (Å²) in [5.41, 5.74) is 0.700. The topological polar surface area (TPSA) is 68.6 Å². The van der Waals surface area contributed by atoms with Gasteiger partial charge >= 0.3 is 0 Å². The Bertz CT molecular complexity index is 559. The molecule has 0 spiro atoms. The van der Waals surface area contributed by atoms with Crippen LogP contribution in [-0.4, -0.2) is 32.0 Å². The van der Waals surface area contributed by atoms with E-state index in [-0.39, 0.29) is 5.78 Å². The quantitative estimate of drug-likeness (QED) is 0.464. The summed E-state index contributed by atoms with van der Waals surface area (Å²) in [5.74, 6) is 0.350. The zero-order valence-corrected chi connectivity index (χ0v) is 10.2. The van der Waals surface area contributed by atoms with Gasteiger partial charge < -0.3 is 0 Å². The van der Waals surface area contributed by atoms with Crippen LogP contribution in [0.5, 0.6) is 0 Å². The molecule has 0 radical (unpaired) electrons. The minimum Gasteiger partial charge on any atom is -0.285 e. The molecule has 2 heterocycles. The number of carbonyl (C=O) groups is 1. The number of hydrogen-bond donors (Lipinski definition) is 0. The van der Waals surface area contributed by atoms with Gasteiger partial charge in [-0.3, -0.25) is 4.79 Å². The Morgan fingerprint density at radius 3 is 2.41 bits per heavy atom. The van der Waals surface area contributed by atoms with E-state index in [9.17, 15) is 4.79 Å². The second kappa shape index (κ2) is 5.01. The van der Waals surface area contributed by atoms with E-state index in [0.29, 0.717) is 22.4 Å². The fraction of sp³-hybridized carbons (Fsp3) is 0.182. The first-order valence-electron chi connectivity index (χ1n) is 4.92. The Morgan fingerprint density at radius 1 is 1.12 bits per heavy atom. The number of aryl methyl sites for hydroxylation is 1. The van der Waals surface area contributed by atoms with Gasteiger partial charge in [-0.15, -0.1) is 0 Å². The molecule has 0 aliphatic carbocycles. The van der Waals surface area contributed by atoms with Gasteiger partial charge in [0.05, 0.1) is 0 Å². The maximum absolute atomic E-state index is 12.1. The van der Waals surface area contributed by atoms with Gasteiger partial charge in [-0.05, 0) is 25.3 Å². The van der Waals surface area contributed by atoms with Crippen LogP contribution >= 0.6 is 11.8 Å². The molecule has 2 aromatic rings. The maximum Gasteiger partial charge on any atom is 0.229 e. The van der Waals surface area contributed by atoms with Crippen molar-refractivity contribution in [3.05, 3.63) is 41.7 Å². The minimum atomic E-state index is -0.215. The van der Waals surface area contributed by atoms with Crippen LogP contribution in [0.1, 0.15) is 22.0 Å². The number of carbonyl (C=O) groups excluding carboxylic acids is 1. The van der Waals surface area contributed by atoms with Crippen molar-refractivity contribution in [3.8, 4) is 0 Å². The highest BCUT2D eigenvalue weighted by Gasteiger charge is 2.13.